The first-order valence-electron chi connectivity index (χ1n) is 12.4. The standard InChI is InChI=1S/C26H33N5O5S/c1-3-37-24(28-18(2)29-25(32)27-17-19-7-5-4-6-8-19)20-9-11-21(12-10-20)30-26(33)36-23-15-13-22(14-16-23)31(34)35/h4-8,13-16,18,20-21H,3,9-12,17H2,1-2H3,(H,30,33)(H2,27,29,32)/b28-24-. The van der Waals surface area contributed by atoms with Crippen LogP contribution in [0.5, 0.6) is 5.75 Å². The van der Waals surface area contributed by atoms with Crippen LogP contribution in [-0.4, -0.2) is 40.1 Å². The van der Waals surface area contributed by atoms with Crippen molar-refractivity contribution in [3.63, 3.8) is 0 Å². The third kappa shape index (κ3) is 9.41. The minimum absolute atomic E-state index is 0.0195. The molecule has 0 bridgehead atoms. The van der Waals surface area contributed by atoms with E-state index >= 15 is 0 Å². The van der Waals surface area contributed by atoms with E-state index < -0.39 is 11.0 Å². The molecule has 0 saturated heterocycles. The summed E-state index contributed by atoms with van der Waals surface area (Å²) in [6, 6.07) is 14.8. The topological polar surface area (TPSA) is 135 Å². The number of carbonyl (C=O) groups is 2. The number of nitro benzene ring substituents is 1. The van der Waals surface area contributed by atoms with Crippen molar-refractivity contribution in [1.82, 2.24) is 16.0 Å². The predicted molar refractivity (Wildman–Crippen MR) is 145 cm³/mol. The molecule has 3 N–H and O–H groups in total. The number of ether oxygens (including phenoxy) is 1. The number of non-ortho nitro benzene ring substituents is 1. The highest BCUT2D eigenvalue weighted by Gasteiger charge is 2.27. The number of benzene rings is 2. The third-order valence-electron chi connectivity index (χ3n) is 5.91. The van der Waals surface area contributed by atoms with Crippen LogP contribution in [-0.2, 0) is 6.54 Å². The fourth-order valence-corrected chi connectivity index (χ4v) is 5.07. The average molecular weight is 528 g/mol. The molecule has 11 heteroatoms. The Balaban J connectivity index is 1.44. The maximum atomic E-state index is 12.3. The summed E-state index contributed by atoms with van der Waals surface area (Å²) in [4.78, 5) is 39.6. The van der Waals surface area contributed by atoms with Gasteiger partial charge < -0.3 is 20.7 Å². The normalized spacial score (nSPS) is 18.4. The van der Waals surface area contributed by atoms with E-state index in [0.717, 1.165) is 42.0 Å². The van der Waals surface area contributed by atoms with Crippen molar-refractivity contribution in [2.45, 2.75) is 58.3 Å². The molecular formula is C26H33N5O5S. The van der Waals surface area contributed by atoms with Crippen molar-refractivity contribution in [3.8, 4) is 5.75 Å². The molecule has 1 atom stereocenters. The molecule has 1 aliphatic carbocycles. The molecule has 1 fully saturated rings. The van der Waals surface area contributed by atoms with Crippen LogP contribution in [0.25, 0.3) is 0 Å². The largest absolute Gasteiger partial charge is 0.412 e. The summed E-state index contributed by atoms with van der Waals surface area (Å²) in [5.74, 6) is 1.40. The highest BCUT2D eigenvalue weighted by molar-refractivity contribution is 8.13. The van der Waals surface area contributed by atoms with Crippen LogP contribution in [0.4, 0.5) is 15.3 Å². The van der Waals surface area contributed by atoms with Crippen LogP contribution < -0.4 is 20.7 Å². The van der Waals surface area contributed by atoms with E-state index in [-0.39, 0.29) is 35.6 Å². The van der Waals surface area contributed by atoms with E-state index in [0.29, 0.717) is 6.54 Å². The number of rotatable bonds is 9. The van der Waals surface area contributed by atoms with E-state index in [1.807, 2.05) is 37.3 Å². The van der Waals surface area contributed by atoms with Crippen LogP contribution in [0.15, 0.2) is 59.6 Å². The Hall–Kier alpha value is -3.60. The summed E-state index contributed by atoms with van der Waals surface area (Å²) >= 11 is 1.69. The number of nitro groups is 1. The highest BCUT2D eigenvalue weighted by Crippen LogP contribution is 2.30. The molecular weight excluding hydrogens is 494 g/mol. The zero-order valence-corrected chi connectivity index (χ0v) is 21.8. The van der Waals surface area contributed by atoms with Gasteiger partial charge in [0, 0.05) is 30.6 Å². The van der Waals surface area contributed by atoms with Gasteiger partial charge in [0.05, 0.1) is 9.97 Å². The molecule has 0 spiro atoms. The third-order valence-corrected chi connectivity index (χ3v) is 6.93. The number of hydrogen-bond acceptors (Lipinski definition) is 7. The fourth-order valence-electron chi connectivity index (χ4n) is 4.07. The second-order valence-corrected chi connectivity index (χ2v) is 10.0. The second kappa shape index (κ2) is 14.2. The summed E-state index contributed by atoms with van der Waals surface area (Å²) in [6.45, 7) is 4.38. The minimum atomic E-state index is -0.575. The molecule has 0 aliphatic heterocycles. The minimum Gasteiger partial charge on any atom is -0.410 e. The number of carbonyl (C=O) groups excluding carboxylic acids is 2. The van der Waals surface area contributed by atoms with Crippen molar-refractivity contribution in [1.29, 1.82) is 0 Å². The van der Waals surface area contributed by atoms with Gasteiger partial charge in [-0.05, 0) is 56.1 Å². The lowest BCUT2D eigenvalue weighted by Crippen LogP contribution is -2.41. The van der Waals surface area contributed by atoms with E-state index in [9.17, 15) is 19.7 Å². The predicted octanol–water partition coefficient (Wildman–Crippen LogP) is 5.24. The SMILES string of the molecule is CCS/C(=N\C(C)NC(=O)NCc1ccccc1)C1CCC(NC(=O)Oc2ccc([N+](=O)[O-])cc2)CC1. The Bertz CT molecular complexity index is 1070. The molecule has 1 saturated carbocycles. The van der Waals surface area contributed by atoms with Crippen molar-refractivity contribution in [2.75, 3.05) is 5.75 Å². The average Bonchev–Trinajstić information content (AvgIpc) is 2.88. The summed E-state index contributed by atoms with van der Waals surface area (Å²) in [6.07, 6.45) is 2.35. The van der Waals surface area contributed by atoms with E-state index in [1.54, 1.807) is 11.8 Å². The number of thioether (sulfide) groups is 1. The van der Waals surface area contributed by atoms with Crippen LogP contribution >= 0.6 is 11.8 Å². The molecule has 0 heterocycles. The number of aliphatic imine (C=N–C) groups is 1. The van der Waals surface area contributed by atoms with Gasteiger partial charge in [-0.1, -0.05) is 37.3 Å². The quantitative estimate of drug-likeness (QED) is 0.177. The van der Waals surface area contributed by atoms with Gasteiger partial charge in [-0.2, -0.15) is 0 Å². The monoisotopic (exact) mass is 527 g/mol. The summed E-state index contributed by atoms with van der Waals surface area (Å²) in [5.41, 5.74) is 0.962. The molecule has 198 valence electrons. The van der Waals surface area contributed by atoms with Crippen molar-refractivity contribution in [3.05, 3.63) is 70.3 Å². The van der Waals surface area contributed by atoms with Gasteiger partial charge in [0.25, 0.3) is 5.69 Å². The molecule has 3 rings (SSSR count). The first-order valence-corrected chi connectivity index (χ1v) is 13.3. The number of urea groups is 1. The molecule has 2 aromatic rings. The molecule has 1 unspecified atom stereocenters. The Kier molecular flexibility index (Phi) is 10.8. The lowest BCUT2D eigenvalue weighted by molar-refractivity contribution is -0.384. The highest BCUT2D eigenvalue weighted by atomic mass is 32.2. The van der Waals surface area contributed by atoms with Crippen LogP contribution in [0.1, 0.15) is 45.1 Å². The van der Waals surface area contributed by atoms with Gasteiger partial charge >= 0.3 is 12.1 Å². The molecule has 10 nitrogen and oxygen atoms in total. The maximum absolute atomic E-state index is 12.3. The first-order chi connectivity index (χ1) is 17.8. The van der Waals surface area contributed by atoms with E-state index in [1.165, 1.54) is 24.3 Å². The lowest BCUT2D eigenvalue weighted by Gasteiger charge is -2.30. The smallest absolute Gasteiger partial charge is 0.410 e. The number of nitrogens with zero attached hydrogens (tertiary/aromatic N) is 2. The van der Waals surface area contributed by atoms with Gasteiger partial charge in [-0.15, -0.1) is 11.8 Å². The molecule has 0 radical (unpaired) electrons. The van der Waals surface area contributed by atoms with Gasteiger partial charge in [-0.3, -0.25) is 15.1 Å². The number of hydrogen-bond donors (Lipinski definition) is 3. The van der Waals surface area contributed by atoms with Crippen molar-refractivity contribution >= 4 is 34.6 Å². The lowest BCUT2D eigenvalue weighted by atomic mass is 9.86. The maximum Gasteiger partial charge on any atom is 0.412 e. The van der Waals surface area contributed by atoms with E-state index in [2.05, 4.69) is 22.9 Å². The molecule has 1 aliphatic rings. The summed E-state index contributed by atoms with van der Waals surface area (Å²) < 4.78 is 5.26. The fraction of sp³-hybridized carbons (Fsp3) is 0.423. The number of amides is 3. The Morgan fingerprint density at radius 1 is 1.11 bits per heavy atom. The van der Waals surface area contributed by atoms with E-state index in [4.69, 9.17) is 9.73 Å². The van der Waals surface area contributed by atoms with Crippen LogP contribution in [0.2, 0.25) is 0 Å². The molecule has 0 aromatic heterocycles. The Morgan fingerprint density at radius 3 is 2.41 bits per heavy atom. The first kappa shape index (κ1) is 28.0. The zero-order valence-electron chi connectivity index (χ0n) is 21.0. The molecule has 37 heavy (non-hydrogen) atoms. The summed E-state index contributed by atoms with van der Waals surface area (Å²) in [7, 11) is 0. The van der Waals surface area contributed by atoms with Crippen molar-refractivity contribution < 1.29 is 19.2 Å². The summed E-state index contributed by atoms with van der Waals surface area (Å²) in [5, 5.41) is 20.4. The Labute approximate surface area is 220 Å². The Morgan fingerprint density at radius 2 is 1.78 bits per heavy atom. The zero-order chi connectivity index (χ0) is 26.6. The van der Waals surface area contributed by atoms with Crippen LogP contribution in [0.3, 0.4) is 0 Å². The van der Waals surface area contributed by atoms with Gasteiger partial charge in [0.1, 0.15) is 11.9 Å². The molecule has 3 amide bonds. The molecule has 2 aromatic carbocycles. The van der Waals surface area contributed by atoms with Crippen molar-refractivity contribution in [2.24, 2.45) is 10.9 Å². The van der Waals surface area contributed by atoms with Crippen LogP contribution in [0, 0.1) is 16.0 Å². The van der Waals surface area contributed by atoms with Gasteiger partial charge in [0.15, 0.2) is 0 Å². The van der Waals surface area contributed by atoms with Gasteiger partial charge in [-0.25, -0.2) is 9.59 Å². The second-order valence-electron chi connectivity index (χ2n) is 8.72. The van der Waals surface area contributed by atoms with Gasteiger partial charge in [0.2, 0.25) is 0 Å². The number of nitrogens with one attached hydrogen (secondary N) is 3.